The van der Waals surface area contributed by atoms with Gasteiger partial charge in [-0.15, -0.1) is 11.3 Å². The smallest absolute Gasteiger partial charge is 0.186 e. The molecular weight excluding hydrogens is 248 g/mol. The van der Waals surface area contributed by atoms with Crippen molar-refractivity contribution < 1.29 is 4.74 Å². The highest BCUT2D eigenvalue weighted by atomic mass is 32.1. The summed E-state index contributed by atoms with van der Waals surface area (Å²) in [6.07, 6.45) is 0. The highest BCUT2D eigenvalue weighted by Crippen LogP contribution is 2.28. The quantitative estimate of drug-likeness (QED) is 0.880. The Morgan fingerprint density at radius 2 is 2.28 bits per heavy atom. The first-order valence-electron chi connectivity index (χ1n) is 6.28. The Morgan fingerprint density at radius 1 is 1.50 bits per heavy atom. The van der Waals surface area contributed by atoms with Crippen LogP contribution in [-0.4, -0.2) is 49.7 Å². The maximum absolute atomic E-state index is 5.76. The molecule has 5 nitrogen and oxygen atoms in total. The van der Waals surface area contributed by atoms with Gasteiger partial charge in [0.15, 0.2) is 5.13 Å². The van der Waals surface area contributed by atoms with Gasteiger partial charge in [0.25, 0.3) is 0 Å². The molecular formula is C12H22N4OS. The Labute approximate surface area is 113 Å². The first-order valence-corrected chi connectivity index (χ1v) is 7.10. The lowest BCUT2D eigenvalue weighted by atomic mass is 10.2. The summed E-state index contributed by atoms with van der Waals surface area (Å²) in [7, 11) is 3.86. The molecule has 2 heterocycles. The number of likely N-dealkylation sites (N-methyl/N-ethyl adjacent to an activating group) is 1. The molecule has 6 heteroatoms. The molecule has 0 aliphatic carbocycles. The third-order valence-corrected chi connectivity index (χ3v) is 4.64. The van der Waals surface area contributed by atoms with Gasteiger partial charge in [-0.25, -0.2) is 4.98 Å². The summed E-state index contributed by atoms with van der Waals surface area (Å²) in [5.74, 6) is 0. The van der Waals surface area contributed by atoms with E-state index < -0.39 is 0 Å². The van der Waals surface area contributed by atoms with Crippen molar-refractivity contribution in [2.75, 3.05) is 38.7 Å². The van der Waals surface area contributed by atoms with Crippen molar-refractivity contribution in [3.05, 3.63) is 10.6 Å². The van der Waals surface area contributed by atoms with E-state index in [0.717, 1.165) is 35.3 Å². The first kappa shape index (κ1) is 13.7. The summed E-state index contributed by atoms with van der Waals surface area (Å²) in [4.78, 5) is 10.5. The van der Waals surface area contributed by atoms with Crippen LogP contribution in [-0.2, 0) is 17.9 Å². The predicted octanol–water partition coefficient (Wildman–Crippen LogP) is 0.888. The fourth-order valence-corrected chi connectivity index (χ4v) is 3.11. The second-order valence-corrected chi connectivity index (χ2v) is 5.84. The van der Waals surface area contributed by atoms with Crippen molar-refractivity contribution in [2.24, 2.45) is 5.73 Å². The molecule has 18 heavy (non-hydrogen) atoms. The third-order valence-electron chi connectivity index (χ3n) is 3.46. The highest BCUT2D eigenvalue weighted by Gasteiger charge is 2.23. The van der Waals surface area contributed by atoms with Gasteiger partial charge >= 0.3 is 0 Å². The van der Waals surface area contributed by atoms with E-state index >= 15 is 0 Å². The molecule has 0 bridgehead atoms. The second kappa shape index (κ2) is 5.97. The molecule has 102 valence electrons. The van der Waals surface area contributed by atoms with Crippen molar-refractivity contribution in [2.45, 2.75) is 26.1 Å². The summed E-state index contributed by atoms with van der Waals surface area (Å²) in [6.45, 7) is 6.48. The van der Waals surface area contributed by atoms with Gasteiger partial charge in [-0.05, 0) is 14.0 Å². The van der Waals surface area contributed by atoms with Crippen LogP contribution in [0.25, 0.3) is 0 Å². The number of nitrogens with two attached hydrogens (primary N) is 1. The lowest BCUT2D eigenvalue weighted by molar-refractivity contribution is 0.181. The number of piperazine rings is 1. The van der Waals surface area contributed by atoms with E-state index in [0.29, 0.717) is 19.2 Å². The van der Waals surface area contributed by atoms with Gasteiger partial charge in [0.05, 0.1) is 12.3 Å². The van der Waals surface area contributed by atoms with Gasteiger partial charge in [-0.1, -0.05) is 0 Å². The Bertz CT molecular complexity index is 395. The number of hydrogen-bond acceptors (Lipinski definition) is 6. The van der Waals surface area contributed by atoms with Crippen LogP contribution in [0.3, 0.4) is 0 Å². The van der Waals surface area contributed by atoms with Crippen molar-refractivity contribution in [1.29, 1.82) is 0 Å². The van der Waals surface area contributed by atoms with E-state index in [4.69, 9.17) is 10.5 Å². The second-order valence-electron chi connectivity index (χ2n) is 4.78. The van der Waals surface area contributed by atoms with E-state index in [2.05, 4.69) is 28.8 Å². The van der Waals surface area contributed by atoms with Crippen LogP contribution in [0.15, 0.2) is 0 Å². The Hall–Kier alpha value is -0.690. The van der Waals surface area contributed by atoms with E-state index in [1.54, 1.807) is 18.4 Å². The molecule has 0 spiro atoms. The zero-order valence-electron chi connectivity index (χ0n) is 11.3. The Kier molecular flexibility index (Phi) is 4.55. The van der Waals surface area contributed by atoms with Crippen LogP contribution in [0.5, 0.6) is 0 Å². The third kappa shape index (κ3) is 2.83. The number of hydrogen-bond donors (Lipinski definition) is 1. The lowest BCUT2D eigenvalue weighted by Gasteiger charge is -2.37. The van der Waals surface area contributed by atoms with E-state index in [1.165, 1.54) is 0 Å². The Balaban J connectivity index is 2.13. The van der Waals surface area contributed by atoms with Gasteiger partial charge in [0.2, 0.25) is 0 Å². The number of thiazole rings is 1. The van der Waals surface area contributed by atoms with E-state index in [9.17, 15) is 0 Å². The van der Waals surface area contributed by atoms with E-state index in [1.807, 2.05) is 0 Å². The Morgan fingerprint density at radius 3 is 2.89 bits per heavy atom. The molecule has 1 aliphatic rings. The maximum atomic E-state index is 5.76. The zero-order valence-corrected chi connectivity index (χ0v) is 12.2. The fraction of sp³-hybridized carbons (Fsp3) is 0.750. The highest BCUT2D eigenvalue weighted by molar-refractivity contribution is 7.15. The topological polar surface area (TPSA) is 54.6 Å². The molecule has 1 unspecified atom stereocenters. The van der Waals surface area contributed by atoms with Crippen molar-refractivity contribution in [3.63, 3.8) is 0 Å². The molecule has 1 atom stereocenters. The van der Waals surface area contributed by atoms with Crippen molar-refractivity contribution in [1.82, 2.24) is 9.88 Å². The summed E-state index contributed by atoms with van der Waals surface area (Å²) in [6, 6.07) is 0.565. The number of methoxy groups -OCH3 is 1. The zero-order chi connectivity index (χ0) is 13.1. The number of rotatable bonds is 4. The van der Waals surface area contributed by atoms with Crippen LogP contribution in [0.2, 0.25) is 0 Å². The largest absolute Gasteiger partial charge is 0.378 e. The van der Waals surface area contributed by atoms with Crippen molar-refractivity contribution in [3.8, 4) is 0 Å². The van der Waals surface area contributed by atoms with Crippen LogP contribution < -0.4 is 10.6 Å². The molecule has 1 aromatic heterocycles. The van der Waals surface area contributed by atoms with E-state index in [-0.39, 0.29) is 0 Å². The van der Waals surface area contributed by atoms with Gasteiger partial charge in [-0.3, -0.25) is 0 Å². The monoisotopic (exact) mass is 270 g/mol. The van der Waals surface area contributed by atoms with Crippen LogP contribution >= 0.6 is 11.3 Å². The SMILES string of the molecule is COCc1nc(N2CCN(C)C(C)C2)sc1CN. The number of aromatic nitrogens is 1. The fourth-order valence-electron chi connectivity index (χ4n) is 2.14. The molecule has 2 rings (SSSR count). The van der Waals surface area contributed by atoms with Crippen LogP contribution in [0.1, 0.15) is 17.5 Å². The number of ether oxygens (including phenoxy) is 1. The minimum Gasteiger partial charge on any atom is -0.378 e. The van der Waals surface area contributed by atoms with Crippen LogP contribution in [0, 0.1) is 0 Å². The van der Waals surface area contributed by atoms with Gasteiger partial charge in [0, 0.05) is 44.2 Å². The van der Waals surface area contributed by atoms with Crippen molar-refractivity contribution >= 4 is 16.5 Å². The maximum Gasteiger partial charge on any atom is 0.186 e. The average molecular weight is 270 g/mol. The molecule has 0 aromatic carbocycles. The van der Waals surface area contributed by atoms with Gasteiger partial charge < -0.3 is 20.3 Å². The minimum atomic E-state index is 0.541. The number of anilines is 1. The predicted molar refractivity (Wildman–Crippen MR) is 75.0 cm³/mol. The molecule has 0 amide bonds. The normalized spacial score (nSPS) is 21.6. The van der Waals surface area contributed by atoms with Gasteiger partial charge in [0.1, 0.15) is 0 Å². The van der Waals surface area contributed by atoms with Crippen LogP contribution in [0.4, 0.5) is 5.13 Å². The molecule has 1 aromatic rings. The first-order chi connectivity index (χ1) is 8.65. The molecule has 0 radical (unpaired) electrons. The standard InChI is InChI=1S/C12H22N4OS/c1-9-7-16(5-4-15(9)2)12-14-10(8-17-3)11(6-13)18-12/h9H,4-8,13H2,1-3H3. The summed E-state index contributed by atoms with van der Waals surface area (Å²) >= 11 is 1.70. The summed E-state index contributed by atoms with van der Waals surface area (Å²) < 4.78 is 5.17. The summed E-state index contributed by atoms with van der Waals surface area (Å²) in [5.41, 5.74) is 6.75. The molecule has 1 saturated heterocycles. The molecule has 1 fully saturated rings. The number of nitrogens with zero attached hydrogens (tertiary/aromatic N) is 3. The lowest BCUT2D eigenvalue weighted by Crippen LogP contribution is -2.50. The molecule has 1 aliphatic heterocycles. The summed E-state index contributed by atoms with van der Waals surface area (Å²) in [5, 5.41) is 1.09. The molecule has 2 N–H and O–H groups in total. The minimum absolute atomic E-state index is 0.541. The molecule has 0 saturated carbocycles. The average Bonchev–Trinajstić information content (AvgIpc) is 2.76. The van der Waals surface area contributed by atoms with Gasteiger partial charge in [-0.2, -0.15) is 0 Å².